The minimum Gasteiger partial charge on any atom is -0.494 e. The van der Waals surface area contributed by atoms with Crippen molar-refractivity contribution in [2.24, 2.45) is 5.92 Å². The van der Waals surface area contributed by atoms with Crippen LogP contribution in [0.2, 0.25) is 0 Å². The van der Waals surface area contributed by atoms with Crippen molar-refractivity contribution in [3.63, 3.8) is 0 Å². The summed E-state index contributed by atoms with van der Waals surface area (Å²) in [7, 11) is 0. The number of benzene rings is 1. The van der Waals surface area contributed by atoms with E-state index in [2.05, 4.69) is 15.2 Å². The largest absolute Gasteiger partial charge is 0.494 e. The van der Waals surface area contributed by atoms with Gasteiger partial charge in [-0.3, -0.25) is 9.59 Å². The maximum atomic E-state index is 12.7. The summed E-state index contributed by atoms with van der Waals surface area (Å²) in [6.45, 7) is 6.21. The molecule has 2 fully saturated rings. The van der Waals surface area contributed by atoms with E-state index in [0.717, 1.165) is 69.0 Å². The van der Waals surface area contributed by atoms with Gasteiger partial charge in [0.1, 0.15) is 11.6 Å². The Morgan fingerprint density at radius 1 is 1.09 bits per heavy atom. The molecule has 3 heterocycles. The summed E-state index contributed by atoms with van der Waals surface area (Å²) < 4.78 is 5.64. The standard InChI is InChI=1S/C25H32N4O3/c1-2-32-22-8-4-3-7-21(22)18-27-24(30)19-10-15-28(16-11-19)23-17-20(9-12-26-23)25(31)29-13-5-6-14-29/h3-4,7-9,12,17,19H,2,5-6,10-11,13-16,18H2,1H3,(H,27,30). The second-order valence-electron chi connectivity index (χ2n) is 8.42. The van der Waals surface area contributed by atoms with Crippen molar-refractivity contribution in [2.45, 2.75) is 39.2 Å². The lowest BCUT2D eigenvalue weighted by atomic mass is 9.95. The number of nitrogens with zero attached hydrogens (tertiary/aromatic N) is 3. The molecule has 0 atom stereocenters. The van der Waals surface area contributed by atoms with Crippen molar-refractivity contribution in [1.29, 1.82) is 0 Å². The van der Waals surface area contributed by atoms with Gasteiger partial charge in [-0.25, -0.2) is 4.98 Å². The number of nitrogens with one attached hydrogen (secondary N) is 1. The number of pyridine rings is 1. The molecule has 4 rings (SSSR count). The second-order valence-corrected chi connectivity index (χ2v) is 8.42. The molecule has 1 aromatic carbocycles. The van der Waals surface area contributed by atoms with E-state index in [4.69, 9.17) is 4.74 Å². The van der Waals surface area contributed by atoms with Crippen molar-refractivity contribution in [2.75, 3.05) is 37.7 Å². The number of likely N-dealkylation sites (tertiary alicyclic amines) is 1. The number of amides is 2. The van der Waals surface area contributed by atoms with Crippen LogP contribution in [0.3, 0.4) is 0 Å². The minimum atomic E-state index is -0.0140. The molecular weight excluding hydrogens is 404 g/mol. The Balaban J connectivity index is 1.30. The fourth-order valence-electron chi connectivity index (χ4n) is 4.47. The Labute approximate surface area is 189 Å². The van der Waals surface area contributed by atoms with Crippen LogP contribution >= 0.6 is 0 Å². The van der Waals surface area contributed by atoms with E-state index in [9.17, 15) is 9.59 Å². The Hall–Kier alpha value is -3.09. The first-order chi connectivity index (χ1) is 15.7. The van der Waals surface area contributed by atoms with Crippen molar-refractivity contribution in [3.8, 4) is 5.75 Å². The Morgan fingerprint density at radius 3 is 2.59 bits per heavy atom. The number of piperidine rings is 1. The lowest BCUT2D eigenvalue weighted by Gasteiger charge is -2.32. The number of hydrogen-bond donors (Lipinski definition) is 1. The average molecular weight is 437 g/mol. The van der Waals surface area contributed by atoms with Gasteiger partial charge in [0, 0.05) is 56.0 Å². The fourth-order valence-corrected chi connectivity index (χ4v) is 4.47. The van der Waals surface area contributed by atoms with Gasteiger partial charge in [-0.05, 0) is 50.8 Å². The lowest BCUT2D eigenvalue weighted by Crippen LogP contribution is -2.40. The number of carbonyl (C=O) groups is 2. The van der Waals surface area contributed by atoms with Gasteiger partial charge in [-0.1, -0.05) is 18.2 Å². The van der Waals surface area contributed by atoms with Crippen LogP contribution in [-0.2, 0) is 11.3 Å². The van der Waals surface area contributed by atoms with Crippen molar-refractivity contribution < 1.29 is 14.3 Å². The number of para-hydroxylation sites is 1. The van der Waals surface area contributed by atoms with Crippen molar-refractivity contribution in [3.05, 3.63) is 53.7 Å². The molecule has 0 spiro atoms. The highest BCUT2D eigenvalue weighted by molar-refractivity contribution is 5.95. The van der Waals surface area contributed by atoms with E-state index in [-0.39, 0.29) is 17.7 Å². The lowest BCUT2D eigenvalue weighted by molar-refractivity contribution is -0.125. The molecule has 32 heavy (non-hydrogen) atoms. The van der Waals surface area contributed by atoms with E-state index in [1.807, 2.05) is 42.2 Å². The van der Waals surface area contributed by atoms with Crippen LogP contribution in [-0.4, -0.2) is 54.5 Å². The third kappa shape index (κ3) is 5.21. The molecule has 1 N–H and O–H groups in total. The highest BCUT2D eigenvalue weighted by Gasteiger charge is 2.26. The summed E-state index contributed by atoms with van der Waals surface area (Å²) in [5, 5.41) is 3.07. The maximum absolute atomic E-state index is 12.7. The van der Waals surface area contributed by atoms with E-state index >= 15 is 0 Å². The third-order valence-corrected chi connectivity index (χ3v) is 6.30. The SMILES string of the molecule is CCOc1ccccc1CNC(=O)C1CCN(c2cc(C(=O)N3CCCC3)ccn2)CC1. The normalized spacial score (nSPS) is 16.8. The number of rotatable bonds is 7. The summed E-state index contributed by atoms with van der Waals surface area (Å²) in [5.74, 6) is 1.80. The molecule has 7 nitrogen and oxygen atoms in total. The Bertz CT molecular complexity index is 934. The summed E-state index contributed by atoms with van der Waals surface area (Å²) in [4.78, 5) is 34.0. The zero-order chi connectivity index (χ0) is 22.3. The quantitative estimate of drug-likeness (QED) is 0.721. The molecule has 170 valence electrons. The van der Waals surface area contributed by atoms with Gasteiger partial charge in [0.05, 0.1) is 6.61 Å². The topological polar surface area (TPSA) is 74.8 Å². The molecule has 2 aliphatic rings. The Morgan fingerprint density at radius 2 is 1.84 bits per heavy atom. The van der Waals surface area contributed by atoms with E-state index in [1.165, 1.54) is 0 Å². The third-order valence-electron chi connectivity index (χ3n) is 6.30. The van der Waals surface area contributed by atoms with Crippen LogP contribution in [0.5, 0.6) is 5.75 Å². The van der Waals surface area contributed by atoms with Crippen LogP contribution in [0.1, 0.15) is 48.5 Å². The van der Waals surface area contributed by atoms with E-state index in [0.29, 0.717) is 18.7 Å². The van der Waals surface area contributed by atoms with E-state index < -0.39 is 0 Å². The Kier molecular flexibility index (Phi) is 7.24. The van der Waals surface area contributed by atoms with Gasteiger partial charge in [-0.2, -0.15) is 0 Å². The van der Waals surface area contributed by atoms with Crippen molar-refractivity contribution in [1.82, 2.24) is 15.2 Å². The van der Waals surface area contributed by atoms with Gasteiger partial charge in [0.25, 0.3) is 5.91 Å². The molecule has 0 radical (unpaired) electrons. The fraction of sp³-hybridized carbons (Fsp3) is 0.480. The van der Waals surface area contributed by atoms with Gasteiger partial charge < -0.3 is 19.9 Å². The minimum absolute atomic E-state index is 0.0140. The molecule has 1 aromatic heterocycles. The first-order valence-corrected chi connectivity index (χ1v) is 11.6. The molecule has 0 bridgehead atoms. The zero-order valence-electron chi connectivity index (χ0n) is 18.8. The smallest absolute Gasteiger partial charge is 0.254 e. The summed E-state index contributed by atoms with van der Waals surface area (Å²) in [6.07, 6.45) is 5.41. The highest BCUT2D eigenvalue weighted by Crippen LogP contribution is 2.24. The molecule has 2 aliphatic heterocycles. The zero-order valence-corrected chi connectivity index (χ0v) is 18.8. The molecule has 2 amide bonds. The number of anilines is 1. The van der Waals surface area contributed by atoms with Crippen molar-refractivity contribution >= 4 is 17.6 Å². The molecule has 2 saturated heterocycles. The molecule has 7 heteroatoms. The van der Waals surface area contributed by atoms with Gasteiger partial charge in [0.2, 0.25) is 5.91 Å². The van der Waals surface area contributed by atoms with Gasteiger partial charge in [-0.15, -0.1) is 0 Å². The number of aromatic nitrogens is 1. The highest BCUT2D eigenvalue weighted by atomic mass is 16.5. The van der Waals surface area contributed by atoms with Crippen LogP contribution in [0.25, 0.3) is 0 Å². The van der Waals surface area contributed by atoms with Crippen LogP contribution in [0.4, 0.5) is 5.82 Å². The maximum Gasteiger partial charge on any atom is 0.254 e. The second kappa shape index (κ2) is 10.5. The molecule has 0 saturated carbocycles. The molecule has 2 aromatic rings. The first kappa shape index (κ1) is 22.1. The molecule has 0 unspecified atom stereocenters. The van der Waals surface area contributed by atoms with Crippen LogP contribution < -0.4 is 15.0 Å². The van der Waals surface area contributed by atoms with Crippen LogP contribution in [0.15, 0.2) is 42.6 Å². The average Bonchev–Trinajstić information content (AvgIpc) is 3.38. The predicted octanol–water partition coefficient (Wildman–Crippen LogP) is 3.25. The van der Waals surface area contributed by atoms with Gasteiger partial charge in [0.15, 0.2) is 0 Å². The van der Waals surface area contributed by atoms with E-state index in [1.54, 1.807) is 12.3 Å². The van der Waals surface area contributed by atoms with Crippen LogP contribution in [0, 0.1) is 5.92 Å². The van der Waals surface area contributed by atoms with Gasteiger partial charge >= 0.3 is 0 Å². The number of hydrogen-bond acceptors (Lipinski definition) is 5. The summed E-state index contributed by atoms with van der Waals surface area (Å²) in [5.41, 5.74) is 1.69. The monoisotopic (exact) mass is 436 g/mol. The predicted molar refractivity (Wildman–Crippen MR) is 124 cm³/mol. The number of carbonyl (C=O) groups excluding carboxylic acids is 2. The number of ether oxygens (including phenoxy) is 1. The summed E-state index contributed by atoms with van der Waals surface area (Å²) in [6, 6.07) is 11.5. The molecular formula is C25H32N4O3. The first-order valence-electron chi connectivity index (χ1n) is 11.6. The molecule has 0 aliphatic carbocycles. The summed E-state index contributed by atoms with van der Waals surface area (Å²) >= 11 is 0.